The van der Waals surface area contributed by atoms with E-state index < -0.39 is 0 Å². The predicted molar refractivity (Wildman–Crippen MR) is 92.9 cm³/mol. The molecule has 1 aromatic rings. The fourth-order valence-corrected chi connectivity index (χ4v) is 4.20. The number of carbonyl (C=O) groups excluding carboxylic acids is 1. The summed E-state index contributed by atoms with van der Waals surface area (Å²) in [6.07, 6.45) is 2.15. The Balaban J connectivity index is 1.56. The average molecular weight is 337 g/mol. The summed E-state index contributed by atoms with van der Waals surface area (Å²) in [4.78, 5) is 17.1. The first-order valence-corrected chi connectivity index (χ1v) is 9.41. The third-order valence-corrected chi connectivity index (χ3v) is 5.68. The maximum Gasteiger partial charge on any atom is 0.317 e. The Morgan fingerprint density at radius 2 is 2.17 bits per heavy atom. The molecule has 5 nitrogen and oxygen atoms in total. The number of hydrogen-bond donors (Lipinski definition) is 1. The standard InChI is InChI=1S/C17H27N3O2S/c1-17(2,19-7-9-22-10-8-19)13-18-16(21)20-6-3-4-15(20)14-5-11-23-12-14/h5,11-12,15H,3-4,6-10,13H2,1-2H3,(H,18,21)/t15-/m1/s1. The normalized spacial score (nSPS) is 23.2. The van der Waals surface area contributed by atoms with Crippen LogP contribution in [-0.2, 0) is 4.74 Å². The van der Waals surface area contributed by atoms with E-state index >= 15 is 0 Å². The second kappa shape index (κ2) is 7.20. The number of rotatable bonds is 4. The van der Waals surface area contributed by atoms with Gasteiger partial charge in [-0.25, -0.2) is 4.79 Å². The molecule has 2 amide bonds. The first-order chi connectivity index (χ1) is 11.1. The van der Waals surface area contributed by atoms with Gasteiger partial charge in [-0.05, 0) is 49.1 Å². The third kappa shape index (κ3) is 3.87. The van der Waals surface area contributed by atoms with Crippen LogP contribution in [0.1, 0.15) is 38.3 Å². The van der Waals surface area contributed by atoms with Crippen molar-refractivity contribution in [1.82, 2.24) is 15.1 Å². The number of carbonyl (C=O) groups is 1. The summed E-state index contributed by atoms with van der Waals surface area (Å²) in [7, 11) is 0. The Hall–Kier alpha value is -1.11. The Labute approximate surface area is 142 Å². The zero-order valence-electron chi connectivity index (χ0n) is 14.1. The summed E-state index contributed by atoms with van der Waals surface area (Å²) >= 11 is 1.70. The molecule has 2 aliphatic rings. The van der Waals surface area contributed by atoms with Gasteiger partial charge in [0.2, 0.25) is 0 Å². The highest BCUT2D eigenvalue weighted by Crippen LogP contribution is 2.33. The molecule has 1 N–H and O–H groups in total. The molecule has 0 aromatic carbocycles. The molecule has 0 unspecified atom stereocenters. The molecule has 6 heteroatoms. The molecule has 1 atom stereocenters. The van der Waals surface area contributed by atoms with E-state index in [0.717, 1.165) is 45.7 Å². The highest BCUT2D eigenvalue weighted by atomic mass is 32.1. The van der Waals surface area contributed by atoms with Crippen LogP contribution < -0.4 is 5.32 Å². The number of ether oxygens (including phenoxy) is 1. The van der Waals surface area contributed by atoms with Crippen molar-refractivity contribution in [2.75, 3.05) is 39.4 Å². The second-order valence-corrected chi connectivity index (χ2v) is 7.76. The monoisotopic (exact) mass is 337 g/mol. The minimum absolute atomic E-state index is 0.0446. The number of nitrogens with zero attached hydrogens (tertiary/aromatic N) is 2. The lowest BCUT2D eigenvalue weighted by atomic mass is 10.0. The summed E-state index contributed by atoms with van der Waals surface area (Å²) in [5, 5.41) is 7.41. The van der Waals surface area contributed by atoms with Crippen LogP contribution in [0.15, 0.2) is 16.8 Å². The van der Waals surface area contributed by atoms with Crippen molar-refractivity contribution in [2.24, 2.45) is 0 Å². The van der Waals surface area contributed by atoms with Crippen molar-refractivity contribution in [3.05, 3.63) is 22.4 Å². The molecule has 2 saturated heterocycles. The molecule has 1 aromatic heterocycles. The number of thiophene rings is 1. The maximum atomic E-state index is 12.7. The third-order valence-electron chi connectivity index (χ3n) is 4.98. The highest BCUT2D eigenvalue weighted by Gasteiger charge is 2.33. The van der Waals surface area contributed by atoms with Gasteiger partial charge in [0.25, 0.3) is 0 Å². The summed E-state index contributed by atoms with van der Waals surface area (Å²) in [5.41, 5.74) is 1.23. The van der Waals surface area contributed by atoms with Gasteiger partial charge in [0.15, 0.2) is 0 Å². The molecule has 2 aliphatic heterocycles. The second-order valence-electron chi connectivity index (χ2n) is 6.98. The molecule has 0 saturated carbocycles. The van der Waals surface area contributed by atoms with Crippen LogP contribution in [0.3, 0.4) is 0 Å². The molecule has 23 heavy (non-hydrogen) atoms. The van der Waals surface area contributed by atoms with Gasteiger partial charge in [-0.15, -0.1) is 0 Å². The van der Waals surface area contributed by atoms with Crippen LogP contribution >= 0.6 is 11.3 Å². The summed E-state index contributed by atoms with van der Waals surface area (Å²) < 4.78 is 5.42. The molecule has 128 valence electrons. The molecule has 0 aliphatic carbocycles. The lowest BCUT2D eigenvalue weighted by Gasteiger charge is -2.41. The van der Waals surface area contributed by atoms with Crippen LogP contribution in [0.25, 0.3) is 0 Å². The maximum absolute atomic E-state index is 12.7. The molecule has 3 rings (SSSR count). The lowest BCUT2D eigenvalue weighted by Crippen LogP contribution is -2.56. The van der Waals surface area contributed by atoms with Crippen molar-refractivity contribution >= 4 is 17.4 Å². The quantitative estimate of drug-likeness (QED) is 0.919. The summed E-state index contributed by atoms with van der Waals surface area (Å²) in [5.74, 6) is 0. The van der Waals surface area contributed by atoms with Gasteiger partial charge in [-0.1, -0.05) is 0 Å². The topological polar surface area (TPSA) is 44.8 Å². The Bertz CT molecular complexity index is 512. The van der Waals surface area contributed by atoms with Crippen molar-refractivity contribution in [3.8, 4) is 0 Å². The van der Waals surface area contributed by atoms with Crippen LogP contribution in [0.4, 0.5) is 4.79 Å². The summed E-state index contributed by atoms with van der Waals surface area (Å²) in [6.45, 7) is 9.34. The zero-order valence-corrected chi connectivity index (χ0v) is 14.9. The lowest BCUT2D eigenvalue weighted by molar-refractivity contribution is -0.00907. The van der Waals surface area contributed by atoms with Crippen molar-refractivity contribution in [2.45, 2.75) is 38.3 Å². The van der Waals surface area contributed by atoms with Gasteiger partial charge >= 0.3 is 6.03 Å². The van der Waals surface area contributed by atoms with Crippen LogP contribution in [0, 0.1) is 0 Å². The number of morpholine rings is 1. The van der Waals surface area contributed by atoms with Gasteiger partial charge in [-0.3, -0.25) is 4.90 Å². The Morgan fingerprint density at radius 3 is 2.87 bits per heavy atom. The Kier molecular flexibility index (Phi) is 5.24. The van der Waals surface area contributed by atoms with Crippen molar-refractivity contribution in [3.63, 3.8) is 0 Å². The molecule has 2 fully saturated rings. The van der Waals surface area contributed by atoms with Gasteiger partial charge in [0.05, 0.1) is 19.3 Å². The van der Waals surface area contributed by atoms with E-state index in [0.29, 0.717) is 6.54 Å². The molecule has 0 spiro atoms. The Morgan fingerprint density at radius 1 is 1.39 bits per heavy atom. The van der Waals surface area contributed by atoms with E-state index in [1.165, 1.54) is 5.56 Å². The molecule has 3 heterocycles. The molecule has 0 radical (unpaired) electrons. The molecular weight excluding hydrogens is 310 g/mol. The smallest absolute Gasteiger partial charge is 0.317 e. The fraction of sp³-hybridized carbons (Fsp3) is 0.706. The number of nitrogens with one attached hydrogen (secondary N) is 1. The van der Waals surface area contributed by atoms with Gasteiger partial charge in [0.1, 0.15) is 0 Å². The van der Waals surface area contributed by atoms with Crippen LogP contribution in [0.2, 0.25) is 0 Å². The first kappa shape index (κ1) is 16.7. The molecule has 0 bridgehead atoms. The largest absolute Gasteiger partial charge is 0.379 e. The van der Waals surface area contributed by atoms with Gasteiger partial charge in [-0.2, -0.15) is 11.3 Å². The van der Waals surface area contributed by atoms with E-state index in [4.69, 9.17) is 4.74 Å². The van der Waals surface area contributed by atoms with Crippen molar-refractivity contribution < 1.29 is 9.53 Å². The summed E-state index contributed by atoms with van der Waals surface area (Å²) in [6, 6.07) is 2.45. The van der Waals surface area contributed by atoms with Gasteiger partial charge < -0.3 is 15.0 Å². The number of amides is 2. The fourth-order valence-electron chi connectivity index (χ4n) is 3.49. The van der Waals surface area contributed by atoms with Gasteiger partial charge in [0, 0.05) is 31.7 Å². The van der Waals surface area contributed by atoms with Crippen LogP contribution in [0.5, 0.6) is 0 Å². The minimum atomic E-state index is -0.0446. The first-order valence-electron chi connectivity index (χ1n) is 8.47. The number of likely N-dealkylation sites (tertiary alicyclic amines) is 1. The average Bonchev–Trinajstić information content (AvgIpc) is 3.24. The highest BCUT2D eigenvalue weighted by molar-refractivity contribution is 7.07. The SMILES string of the molecule is CC(C)(CNC(=O)N1CCC[C@@H]1c1ccsc1)N1CCOCC1. The van der Waals surface area contributed by atoms with E-state index in [9.17, 15) is 4.79 Å². The van der Waals surface area contributed by atoms with E-state index in [2.05, 4.69) is 40.9 Å². The zero-order chi connectivity index (χ0) is 16.3. The van der Waals surface area contributed by atoms with E-state index in [-0.39, 0.29) is 17.6 Å². The number of urea groups is 1. The van der Waals surface area contributed by atoms with Crippen LogP contribution in [-0.4, -0.2) is 60.8 Å². The van der Waals surface area contributed by atoms with E-state index in [1.54, 1.807) is 11.3 Å². The number of hydrogen-bond acceptors (Lipinski definition) is 4. The molecular formula is C17H27N3O2S. The van der Waals surface area contributed by atoms with E-state index in [1.807, 2.05) is 4.90 Å². The minimum Gasteiger partial charge on any atom is -0.379 e. The van der Waals surface area contributed by atoms with Crippen molar-refractivity contribution in [1.29, 1.82) is 0 Å². The predicted octanol–water partition coefficient (Wildman–Crippen LogP) is 2.71.